The van der Waals surface area contributed by atoms with Crippen LogP contribution in [0.25, 0.3) is 11.7 Å². The van der Waals surface area contributed by atoms with Crippen LogP contribution in [0.3, 0.4) is 0 Å². The van der Waals surface area contributed by atoms with E-state index < -0.39 is 5.91 Å². The summed E-state index contributed by atoms with van der Waals surface area (Å²) in [7, 11) is 0. The van der Waals surface area contributed by atoms with Gasteiger partial charge in [0, 0.05) is 32.4 Å². The van der Waals surface area contributed by atoms with Crippen molar-refractivity contribution in [2.75, 3.05) is 31.1 Å². The van der Waals surface area contributed by atoms with Gasteiger partial charge in [-0.1, -0.05) is 6.07 Å². The van der Waals surface area contributed by atoms with Gasteiger partial charge in [-0.2, -0.15) is 5.26 Å². The summed E-state index contributed by atoms with van der Waals surface area (Å²) in [4.78, 5) is 33.1. The van der Waals surface area contributed by atoms with Gasteiger partial charge in [0.2, 0.25) is 0 Å². The molecule has 3 atom stereocenters. The van der Waals surface area contributed by atoms with Crippen LogP contribution in [-0.2, 0) is 14.3 Å². The lowest BCUT2D eigenvalue weighted by atomic mass is 10.1. The van der Waals surface area contributed by atoms with Crippen LogP contribution >= 0.6 is 0 Å². The molecule has 0 aromatic carbocycles. The Morgan fingerprint density at radius 2 is 2.12 bits per heavy atom. The summed E-state index contributed by atoms with van der Waals surface area (Å²) in [5, 5.41) is 12.5. The first-order chi connectivity index (χ1) is 15.9. The summed E-state index contributed by atoms with van der Waals surface area (Å²) in [6, 6.07) is 5.62. The molecule has 174 valence electrons. The minimum Gasteiger partial charge on any atom is -0.376 e. The molecule has 9 nitrogen and oxygen atoms in total. The van der Waals surface area contributed by atoms with Crippen LogP contribution < -0.4 is 15.8 Å². The first kappa shape index (κ1) is 23.0. The van der Waals surface area contributed by atoms with Crippen LogP contribution in [0, 0.1) is 18.3 Å². The lowest BCUT2D eigenvalue weighted by Crippen LogP contribution is -2.46. The number of hydrogen-bond donors (Lipinski definition) is 1. The van der Waals surface area contributed by atoms with E-state index in [-0.39, 0.29) is 35.0 Å². The number of carbonyl (C=O) groups is 1. The standard InChI is InChI=1S/C24H29N5O4/c1-15-6-4-8-29-21(15)27-22(28-13-16(2)33-17(3)14-28)20(24(29)31)10-18(11-25)23(30)26-12-19-7-5-9-32-19/h4,6,8,10,16-17,19H,5,7,9,12-14H2,1-3H3,(H,26,30). The molecule has 2 aliphatic heterocycles. The summed E-state index contributed by atoms with van der Waals surface area (Å²) in [5.74, 6) is -0.0765. The van der Waals surface area contributed by atoms with E-state index in [9.17, 15) is 14.9 Å². The number of fused-ring (bicyclic) bond motifs is 1. The molecular formula is C24H29N5O4. The number of nitrogens with one attached hydrogen (secondary N) is 1. The topological polar surface area (TPSA) is 109 Å². The Morgan fingerprint density at radius 3 is 2.79 bits per heavy atom. The third-order valence-corrected chi connectivity index (χ3v) is 5.95. The lowest BCUT2D eigenvalue weighted by molar-refractivity contribution is -0.117. The van der Waals surface area contributed by atoms with Crippen molar-refractivity contribution in [2.24, 2.45) is 0 Å². The summed E-state index contributed by atoms with van der Waals surface area (Å²) >= 11 is 0. The van der Waals surface area contributed by atoms with Crippen LogP contribution in [-0.4, -0.2) is 59.8 Å². The van der Waals surface area contributed by atoms with Gasteiger partial charge in [-0.05, 0) is 51.3 Å². The Bertz CT molecular complexity index is 1170. The van der Waals surface area contributed by atoms with Gasteiger partial charge in [0.15, 0.2) is 0 Å². The first-order valence-corrected chi connectivity index (χ1v) is 11.3. The van der Waals surface area contributed by atoms with E-state index in [1.54, 1.807) is 12.3 Å². The van der Waals surface area contributed by atoms with Gasteiger partial charge in [0.05, 0.1) is 23.9 Å². The van der Waals surface area contributed by atoms with E-state index in [4.69, 9.17) is 14.5 Å². The average Bonchev–Trinajstić information content (AvgIpc) is 3.30. The number of hydrogen-bond acceptors (Lipinski definition) is 7. The lowest BCUT2D eigenvalue weighted by Gasteiger charge is -2.36. The Kier molecular flexibility index (Phi) is 6.77. The fourth-order valence-corrected chi connectivity index (χ4v) is 4.42. The molecule has 2 aromatic heterocycles. The van der Waals surface area contributed by atoms with Crippen molar-refractivity contribution in [2.45, 2.75) is 51.9 Å². The van der Waals surface area contributed by atoms with Crippen LogP contribution in [0.15, 0.2) is 28.7 Å². The predicted molar refractivity (Wildman–Crippen MR) is 124 cm³/mol. The maximum absolute atomic E-state index is 13.5. The van der Waals surface area contributed by atoms with Crippen molar-refractivity contribution in [1.82, 2.24) is 14.7 Å². The molecule has 1 amide bonds. The molecule has 0 bridgehead atoms. The molecule has 33 heavy (non-hydrogen) atoms. The Labute approximate surface area is 192 Å². The minimum absolute atomic E-state index is 0.0447. The zero-order valence-corrected chi connectivity index (χ0v) is 19.2. The molecule has 1 N–H and O–H groups in total. The van der Waals surface area contributed by atoms with E-state index in [0.717, 1.165) is 18.4 Å². The Morgan fingerprint density at radius 1 is 1.36 bits per heavy atom. The molecule has 4 rings (SSSR count). The van der Waals surface area contributed by atoms with Crippen LogP contribution in [0.1, 0.15) is 37.8 Å². The summed E-state index contributed by atoms with van der Waals surface area (Å²) in [6.07, 6.45) is 4.69. The van der Waals surface area contributed by atoms with Crippen molar-refractivity contribution < 1.29 is 14.3 Å². The van der Waals surface area contributed by atoms with Crippen LogP contribution in [0.5, 0.6) is 0 Å². The number of anilines is 1. The van der Waals surface area contributed by atoms with E-state index in [1.807, 2.05) is 37.8 Å². The van der Waals surface area contributed by atoms with E-state index in [1.165, 1.54) is 10.5 Å². The molecule has 0 radical (unpaired) electrons. The summed E-state index contributed by atoms with van der Waals surface area (Å²) in [5.41, 5.74) is 1.14. The second-order valence-corrected chi connectivity index (χ2v) is 8.72. The first-order valence-electron chi connectivity index (χ1n) is 11.3. The molecule has 2 aliphatic rings. The number of rotatable bonds is 5. The van der Waals surface area contributed by atoms with Crippen LogP contribution in [0.4, 0.5) is 5.82 Å². The van der Waals surface area contributed by atoms with Crippen LogP contribution in [0.2, 0.25) is 0 Å². The molecule has 2 aromatic rings. The highest BCUT2D eigenvalue weighted by Crippen LogP contribution is 2.24. The van der Waals surface area contributed by atoms with Gasteiger partial charge in [-0.25, -0.2) is 4.98 Å². The number of ether oxygens (including phenoxy) is 2. The van der Waals surface area contributed by atoms with Crippen molar-refractivity contribution >= 4 is 23.4 Å². The molecule has 0 saturated carbocycles. The van der Waals surface area contributed by atoms with Gasteiger partial charge in [-0.3, -0.25) is 14.0 Å². The predicted octanol–water partition coefficient (Wildman–Crippen LogP) is 1.82. The highest BCUT2D eigenvalue weighted by atomic mass is 16.5. The highest BCUT2D eigenvalue weighted by Gasteiger charge is 2.27. The minimum atomic E-state index is -0.531. The highest BCUT2D eigenvalue weighted by molar-refractivity contribution is 6.02. The average molecular weight is 452 g/mol. The number of aromatic nitrogens is 2. The molecule has 2 saturated heterocycles. The number of aryl methyl sites for hydroxylation is 1. The zero-order chi connectivity index (χ0) is 23.5. The van der Waals surface area contributed by atoms with Gasteiger partial charge < -0.3 is 19.7 Å². The molecule has 4 heterocycles. The maximum atomic E-state index is 13.5. The Hall–Kier alpha value is -3.22. The van der Waals surface area contributed by atoms with E-state index in [0.29, 0.717) is 37.7 Å². The summed E-state index contributed by atoms with van der Waals surface area (Å²) in [6.45, 7) is 7.94. The number of pyridine rings is 1. The molecule has 0 spiro atoms. The smallest absolute Gasteiger partial charge is 0.267 e. The van der Waals surface area contributed by atoms with Crippen molar-refractivity contribution in [3.63, 3.8) is 0 Å². The third kappa shape index (κ3) is 4.92. The Balaban J connectivity index is 1.77. The fourth-order valence-electron chi connectivity index (χ4n) is 4.42. The second kappa shape index (κ2) is 9.73. The van der Waals surface area contributed by atoms with Gasteiger partial charge in [0.1, 0.15) is 23.1 Å². The van der Waals surface area contributed by atoms with Crippen molar-refractivity contribution in [1.29, 1.82) is 5.26 Å². The second-order valence-electron chi connectivity index (χ2n) is 8.72. The molecule has 2 fully saturated rings. The van der Waals surface area contributed by atoms with Crippen molar-refractivity contribution in [3.8, 4) is 6.07 Å². The number of nitriles is 1. The largest absolute Gasteiger partial charge is 0.376 e. The normalized spacial score (nSPS) is 23.5. The van der Waals surface area contributed by atoms with Gasteiger partial charge in [-0.15, -0.1) is 0 Å². The van der Waals surface area contributed by atoms with E-state index in [2.05, 4.69) is 5.32 Å². The molecular weight excluding hydrogens is 422 g/mol. The number of carbonyl (C=O) groups excluding carboxylic acids is 1. The number of morpholine rings is 1. The molecule has 3 unspecified atom stereocenters. The number of amides is 1. The maximum Gasteiger partial charge on any atom is 0.267 e. The molecule has 9 heteroatoms. The monoisotopic (exact) mass is 451 g/mol. The number of nitrogens with zero attached hydrogens (tertiary/aromatic N) is 4. The van der Waals surface area contributed by atoms with Gasteiger partial charge >= 0.3 is 0 Å². The molecule has 0 aliphatic carbocycles. The third-order valence-electron chi connectivity index (χ3n) is 5.95. The summed E-state index contributed by atoms with van der Waals surface area (Å²) < 4.78 is 12.8. The van der Waals surface area contributed by atoms with E-state index >= 15 is 0 Å². The zero-order valence-electron chi connectivity index (χ0n) is 19.2. The van der Waals surface area contributed by atoms with Gasteiger partial charge in [0.25, 0.3) is 11.5 Å². The van der Waals surface area contributed by atoms with Crippen molar-refractivity contribution in [3.05, 3.63) is 45.4 Å². The SMILES string of the molecule is Cc1cccn2c(=O)c(C=C(C#N)C(=O)NCC3CCCO3)c(N3CC(C)OC(C)C3)nc12. The fraction of sp³-hybridized carbons (Fsp3) is 0.500. The quantitative estimate of drug-likeness (QED) is 0.546.